The monoisotopic (exact) mass is 280 g/mol. The number of nitrogen functional groups attached to an aromatic ring is 1. The van der Waals surface area contributed by atoms with Gasteiger partial charge in [-0.1, -0.05) is 13.0 Å². The zero-order chi connectivity index (χ0) is 15.1. The van der Waals surface area contributed by atoms with Gasteiger partial charge in [-0.05, 0) is 18.6 Å². The van der Waals surface area contributed by atoms with Crippen molar-refractivity contribution in [3.8, 4) is 5.75 Å². The summed E-state index contributed by atoms with van der Waals surface area (Å²) in [7, 11) is 0. The zero-order valence-corrected chi connectivity index (χ0v) is 11.5. The summed E-state index contributed by atoms with van der Waals surface area (Å²) >= 11 is 0. The number of rotatable bonds is 8. The van der Waals surface area contributed by atoms with Gasteiger partial charge in [-0.15, -0.1) is 0 Å². The second kappa shape index (κ2) is 7.22. The van der Waals surface area contributed by atoms with Gasteiger partial charge in [-0.3, -0.25) is 9.59 Å². The number of benzene rings is 1. The minimum atomic E-state index is -0.578. The number of anilines is 2. The Bertz CT molecular complexity index is 475. The molecule has 0 saturated carbocycles. The minimum absolute atomic E-state index is 0.148. The van der Waals surface area contributed by atoms with Gasteiger partial charge in [0.15, 0.2) is 0 Å². The summed E-state index contributed by atoms with van der Waals surface area (Å²) < 4.78 is 5.50. The van der Waals surface area contributed by atoms with Crippen LogP contribution in [0, 0.1) is 0 Å². The predicted octanol–water partition coefficient (Wildman–Crippen LogP) is -0.165. The number of carbonyl (C=O) groups excluding carboxylic acids is 2. The van der Waals surface area contributed by atoms with E-state index >= 15 is 0 Å². The lowest BCUT2D eigenvalue weighted by atomic mass is 10.2. The second-order valence-electron chi connectivity index (χ2n) is 4.33. The van der Waals surface area contributed by atoms with E-state index in [1.54, 1.807) is 18.2 Å². The summed E-state index contributed by atoms with van der Waals surface area (Å²) in [6, 6.07) is 5.13. The van der Waals surface area contributed by atoms with Crippen LogP contribution in [0.4, 0.5) is 11.4 Å². The van der Waals surface area contributed by atoms with E-state index in [-0.39, 0.29) is 13.1 Å². The Kier molecular flexibility index (Phi) is 5.64. The Balaban J connectivity index is 3.05. The maximum absolute atomic E-state index is 11.1. The third-order valence-corrected chi connectivity index (χ3v) is 2.54. The first-order valence-corrected chi connectivity index (χ1v) is 6.28. The average Bonchev–Trinajstić information content (AvgIpc) is 2.35. The highest BCUT2D eigenvalue weighted by Crippen LogP contribution is 2.32. The molecule has 0 radical (unpaired) electrons. The number of primary amides is 2. The first-order valence-electron chi connectivity index (χ1n) is 6.28. The second-order valence-corrected chi connectivity index (χ2v) is 4.33. The standard InChI is InChI=1S/C13H20N4O3/c1-2-6-20-10-5-3-4-9(13(10)16)17(7-11(14)18)8-12(15)19/h3-5H,2,6-8,16H2,1H3,(H2,14,18)(H2,15,19). The van der Waals surface area contributed by atoms with E-state index in [1.807, 2.05) is 6.92 Å². The number of hydrogen-bond donors (Lipinski definition) is 3. The van der Waals surface area contributed by atoms with Crippen molar-refractivity contribution in [2.45, 2.75) is 13.3 Å². The molecule has 7 heteroatoms. The van der Waals surface area contributed by atoms with E-state index in [2.05, 4.69) is 0 Å². The van der Waals surface area contributed by atoms with Crippen LogP contribution in [0.3, 0.4) is 0 Å². The first kappa shape index (κ1) is 15.6. The molecule has 7 nitrogen and oxygen atoms in total. The fourth-order valence-corrected chi connectivity index (χ4v) is 1.75. The normalized spacial score (nSPS) is 10.1. The quantitative estimate of drug-likeness (QED) is 0.570. The molecule has 2 amide bonds. The largest absolute Gasteiger partial charge is 0.491 e. The molecule has 0 atom stereocenters. The van der Waals surface area contributed by atoms with Gasteiger partial charge >= 0.3 is 0 Å². The third-order valence-electron chi connectivity index (χ3n) is 2.54. The maximum atomic E-state index is 11.1. The molecule has 0 unspecified atom stereocenters. The molecule has 0 saturated heterocycles. The van der Waals surface area contributed by atoms with Crippen LogP contribution in [0.5, 0.6) is 5.75 Å². The van der Waals surface area contributed by atoms with Crippen molar-refractivity contribution in [2.24, 2.45) is 11.5 Å². The van der Waals surface area contributed by atoms with Crippen molar-refractivity contribution in [1.82, 2.24) is 0 Å². The van der Waals surface area contributed by atoms with E-state index in [0.717, 1.165) is 6.42 Å². The third kappa shape index (κ3) is 4.34. The summed E-state index contributed by atoms with van der Waals surface area (Å²) in [4.78, 5) is 23.6. The van der Waals surface area contributed by atoms with Gasteiger partial charge in [0.05, 0.1) is 31.1 Å². The Morgan fingerprint density at radius 2 is 1.80 bits per heavy atom. The molecule has 6 N–H and O–H groups in total. The van der Waals surface area contributed by atoms with Crippen LogP contribution in [-0.2, 0) is 9.59 Å². The highest BCUT2D eigenvalue weighted by molar-refractivity contribution is 5.87. The molecule has 110 valence electrons. The topological polar surface area (TPSA) is 125 Å². The number of hydrogen-bond acceptors (Lipinski definition) is 5. The van der Waals surface area contributed by atoms with Crippen molar-refractivity contribution < 1.29 is 14.3 Å². The molecule has 0 spiro atoms. The fourth-order valence-electron chi connectivity index (χ4n) is 1.75. The molecular formula is C13H20N4O3. The van der Waals surface area contributed by atoms with Crippen molar-refractivity contribution in [1.29, 1.82) is 0 Å². The van der Waals surface area contributed by atoms with Gasteiger partial charge in [0.25, 0.3) is 0 Å². The van der Waals surface area contributed by atoms with E-state index in [1.165, 1.54) is 4.90 Å². The molecular weight excluding hydrogens is 260 g/mol. The van der Waals surface area contributed by atoms with E-state index < -0.39 is 11.8 Å². The number of nitrogens with zero attached hydrogens (tertiary/aromatic N) is 1. The Morgan fingerprint density at radius 3 is 2.30 bits per heavy atom. The molecule has 0 aliphatic carbocycles. The van der Waals surface area contributed by atoms with Crippen LogP contribution in [0.1, 0.15) is 13.3 Å². The summed E-state index contributed by atoms with van der Waals surface area (Å²) in [5.41, 5.74) is 17.2. The molecule has 0 aromatic heterocycles. The van der Waals surface area contributed by atoms with Gasteiger partial charge in [-0.2, -0.15) is 0 Å². The number of carbonyl (C=O) groups is 2. The molecule has 1 aromatic carbocycles. The van der Waals surface area contributed by atoms with Crippen molar-refractivity contribution >= 4 is 23.2 Å². The van der Waals surface area contributed by atoms with Crippen LogP contribution < -0.4 is 26.8 Å². The Morgan fingerprint density at radius 1 is 1.20 bits per heavy atom. The van der Waals surface area contributed by atoms with Gasteiger partial charge in [-0.25, -0.2) is 0 Å². The lowest BCUT2D eigenvalue weighted by Crippen LogP contribution is -2.40. The van der Waals surface area contributed by atoms with Crippen LogP contribution in [0.15, 0.2) is 18.2 Å². The van der Waals surface area contributed by atoms with E-state index in [4.69, 9.17) is 21.9 Å². The van der Waals surface area contributed by atoms with E-state index in [9.17, 15) is 9.59 Å². The fraction of sp³-hybridized carbons (Fsp3) is 0.385. The zero-order valence-electron chi connectivity index (χ0n) is 11.5. The molecule has 20 heavy (non-hydrogen) atoms. The average molecular weight is 280 g/mol. The number of amides is 2. The summed E-state index contributed by atoms with van der Waals surface area (Å²) in [6.07, 6.45) is 0.843. The molecule has 0 heterocycles. The number of para-hydroxylation sites is 1. The SMILES string of the molecule is CCCOc1cccc(N(CC(N)=O)CC(N)=O)c1N. The molecule has 0 aliphatic heterocycles. The summed E-state index contributed by atoms with van der Waals surface area (Å²) in [5.74, 6) is -0.653. The first-order chi connectivity index (χ1) is 9.45. The highest BCUT2D eigenvalue weighted by Gasteiger charge is 2.16. The summed E-state index contributed by atoms with van der Waals surface area (Å²) in [5, 5.41) is 0. The maximum Gasteiger partial charge on any atom is 0.236 e. The van der Waals surface area contributed by atoms with Crippen LogP contribution in [0.2, 0.25) is 0 Å². The van der Waals surface area contributed by atoms with Gasteiger partial charge < -0.3 is 26.8 Å². The van der Waals surface area contributed by atoms with Crippen molar-refractivity contribution in [3.05, 3.63) is 18.2 Å². The Hall–Kier alpha value is -2.44. The molecule has 0 aliphatic rings. The van der Waals surface area contributed by atoms with Crippen LogP contribution in [0.25, 0.3) is 0 Å². The number of ether oxygens (including phenoxy) is 1. The lowest BCUT2D eigenvalue weighted by molar-refractivity contribution is -0.117. The van der Waals surface area contributed by atoms with Crippen LogP contribution >= 0.6 is 0 Å². The highest BCUT2D eigenvalue weighted by atomic mass is 16.5. The smallest absolute Gasteiger partial charge is 0.236 e. The number of nitrogens with two attached hydrogens (primary N) is 3. The summed E-state index contributed by atoms with van der Waals surface area (Å²) in [6.45, 7) is 2.21. The Labute approximate surface area is 117 Å². The van der Waals surface area contributed by atoms with Gasteiger partial charge in [0, 0.05) is 0 Å². The predicted molar refractivity (Wildman–Crippen MR) is 77.2 cm³/mol. The minimum Gasteiger partial charge on any atom is -0.491 e. The van der Waals surface area contributed by atoms with Crippen molar-refractivity contribution in [2.75, 3.05) is 30.3 Å². The van der Waals surface area contributed by atoms with Gasteiger partial charge in [0.1, 0.15) is 5.75 Å². The van der Waals surface area contributed by atoms with Crippen molar-refractivity contribution in [3.63, 3.8) is 0 Å². The van der Waals surface area contributed by atoms with Gasteiger partial charge in [0.2, 0.25) is 11.8 Å². The van der Waals surface area contributed by atoms with E-state index in [0.29, 0.717) is 23.7 Å². The molecule has 1 rings (SSSR count). The lowest BCUT2D eigenvalue weighted by Gasteiger charge is -2.24. The molecule has 1 aromatic rings. The molecule has 0 fully saturated rings. The molecule has 0 bridgehead atoms. The van der Waals surface area contributed by atoms with Crippen LogP contribution in [-0.4, -0.2) is 31.5 Å².